The predicted molar refractivity (Wildman–Crippen MR) is 51.3 cm³/mol. The lowest BCUT2D eigenvalue weighted by Gasteiger charge is -2.04. The number of ether oxygens (including phenoxy) is 1. The third-order valence-corrected chi connectivity index (χ3v) is 1.71. The van der Waals surface area contributed by atoms with Crippen LogP contribution in [0.1, 0.15) is 32.6 Å². The van der Waals surface area contributed by atoms with Crippen LogP contribution in [0.5, 0.6) is 0 Å². The first-order chi connectivity index (χ1) is 6.20. The molecule has 0 rings (SSSR count). The fourth-order valence-electron chi connectivity index (χ4n) is 0.974. The summed E-state index contributed by atoms with van der Waals surface area (Å²) in [5.41, 5.74) is 0. The van der Waals surface area contributed by atoms with Gasteiger partial charge < -0.3 is 9.84 Å². The second kappa shape index (κ2) is 7.80. The summed E-state index contributed by atoms with van der Waals surface area (Å²) in [7, 11) is 0. The lowest BCUT2D eigenvalue weighted by atomic mass is 10.1. The van der Waals surface area contributed by atoms with Gasteiger partial charge in [0.2, 0.25) is 0 Å². The fourth-order valence-corrected chi connectivity index (χ4v) is 0.974. The van der Waals surface area contributed by atoms with Crippen molar-refractivity contribution in [2.45, 2.75) is 38.7 Å². The number of hydrogen-bond acceptors (Lipinski definition) is 3. The van der Waals surface area contributed by atoms with Gasteiger partial charge in [0.05, 0.1) is 12.7 Å². The third-order valence-electron chi connectivity index (χ3n) is 1.71. The summed E-state index contributed by atoms with van der Waals surface area (Å²) in [6.07, 6.45) is 3.77. The zero-order valence-corrected chi connectivity index (χ0v) is 8.16. The maximum atomic E-state index is 10.9. The molecule has 76 valence electrons. The molecule has 0 radical (unpaired) electrons. The van der Waals surface area contributed by atoms with Gasteiger partial charge >= 0.3 is 5.97 Å². The molecule has 1 N–H and O–H groups in total. The number of hydrogen-bond donors (Lipinski definition) is 1. The van der Waals surface area contributed by atoms with E-state index in [-0.39, 0.29) is 5.97 Å². The van der Waals surface area contributed by atoms with Gasteiger partial charge in [-0.05, 0) is 26.2 Å². The molecule has 0 fully saturated rings. The minimum Gasteiger partial charge on any atom is -0.466 e. The Morgan fingerprint density at radius 3 is 2.85 bits per heavy atom. The molecule has 3 heteroatoms. The number of carbonyl (C=O) groups excluding carboxylic acids is 1. The molecular weight excluding hydrogens is 168 g/mol. The number of unbranched alkanes of at least 4 members (excludes halogenated alkanes) is 1. The van der Waals surface area contributed by atoms with Gasteiger partial charge in [0.15, 0.2) is 0 Å². The first-order valence-electron chi connectivity index (χ1n) is 4.67. The molecule has 3 nitrogen and oxygen atoms in total. The monoisotopic (exact) mass is 186 g/mol. The molecule has 0 saturated carbocycles. The van der Waals surface area contributed by atoms with E-state index in [0.29, 0.717) is 19.4 Å². The van der Waals surface area contributed by atoms with Crippen LogP contribution >= 0.6 is 0 Å². The average Bonchev–Trinajstić information content (AvgIpc) is 2.12. The van der Waals surface area contributed by atoms with Gasteiger partial charge in [-0.1, -0.05) is 6.08 Å². The van der Waals surface area contributed by atoms with Gasteiger partial charge in [-0.25, -0.2) is 0 Å². The van der Waals surface area contributed by atoms with E-state index in [2.05, 4.69) is 6.58 Å². The van der Waals surface area contributed by atoms with Gasteiger partial charge in [0.25, 0.3) is 0 Å². The van der Waals surface area contributed by atoms with Crippen molar-refractivity contribution in [3.05, 3.63) is 12.7 Å². The molecule has 0 amide bonds. The largest absolute Gasteiger partial charge is 0.466 e. The summed E-state index contributed by atoms with van der Waals surface area (Å²) < 4.78 is 4.75. The minimum atomic E-state index is -0.442. The first kappa shape index (κ1) is 12.2. The Morgan fingerprint density at radius 1 is 1.62 bits per heavy atom. The summed E-state index contributed by atoms with van der Waals surface area (Å²) in [5, 5.41) is 9.09. The van der Waals surface area contributed by atoms with Crippen molar-refractivity contribution in [2.75, 3.05) is 6.61 Å². The van der Waals surface area contributed by atoms with Crippen LogP contribution in [0.15, 0.2) is 12.7 Å². The van der Waals surface area contributed by atoms with Gasteiger partial charge in [-0.3, -0.25) is 4.79 Å². The van der Waals surface area contributed by atoms with Gasteiger partial charge in [-0.2, -0.15) is 0 Å². The number of esters is 1. The van der Waals surface area contributed by atoms with Gasteiger partial charge in [0, 0.05) is 6.42 Å². The van der Waals surface area contributed by atoms with Crippen molar-refractivity contribution in [3.63, 3.8) is 0 Å². The van der Waals surface area contributed by atoms with Crippen LogP contribution in [0.25, 0.3) is 0 Å². The molecule has 0 spiro atoms. The SMILES string of the molecule is C=CC(O)CCCCC(=O)OCC. The second-order valence-corrected chi connectivity index (χ2v) is 2.85. The molecular formula is C10H18O3. The van der Waals surface area contributed by atoms with Crippen molar-refractivity contribution < 1.29 is 14.6 Å². The molecule has 0 aromatic rings. The second-order valence-electron chi connectivity index (χ2n) is 2.85. The van der Waals surface area contributed by atoms with Gasteiger partial charge in [0.1, 0.15) is 0 Å². The van der Waals surface area contributed by atoms with E-state index < -0.39 is 6.10 Å². The topological polar surface area (TPSA) is 46.5 Å². The zero-order valence-electron chi connectivity index (χ0n) is 8.16. The first-order valence-corrected chi connectivity index (χ1v) is 4.67. The Hall–Kier alpha value is -0.830. The maximum absolute atomic E-state index is 10.9. The average molecular weight is 186 g/mol. The van der Waals surface area contributed by atoms with Gasteiger partial charge in [-0.15, -0.1) is 6.58 Å². The maximum Gasteiger partial charge on any atom is 0.305 e. The van der Waals surface area contributed by atoms with Crippen LogP contribution in [-0.4, -0.2) is 23.8 Å². The molecule has 0 aromatic heterocycles. The highest BCUT2D eigenvalue weighted by molar-refractivity contribution is 5.69. The Morgan fingerprint density at radius 2 is 2.31 bits per heavy atom. The van der Waals surface area contributed by atoms with Crippen molar-refractivity contribution in [3.8, 4) is 0 Å². The van der Waals surface area contributed by atoms with Crippen LogP contribution in [0.2, 0.25) is 0 Å². The van der Waals surface area contributed by atoms with Crippen molar-refractivity contribution in [1.82, 2.24) is 0 Å². The van der Waals surface area contributed by atoms with Crippen LogP contribution in [-0.2, 0) is 9.53 Å². The number of rotatable bonds is 7. The van der Waals surface area contributed by atoms with Crippen molar-refractivity contribution >= 4 is 5.97 Å². The van der Waals surface area contributed by atoms with E-state index in [9.17, 15) is 4.79 Å². The summed E-state index contributed by atoms with van der Waals surface area (Å²) in [5.74, 6) is -0.157. The zero-order chi connectivity index (χ0) is 10.1. The van der Waals surface area contributed by atoms with Crippen LogP contribution in [0, 0.1) is 0 Å². The fraction of sp³-hybridized carbons (Fsp3) is 0.700. The minimum absolute atomic E-state index is 0.157. The standard InChI is InChI=1S/C10H18O3/c1-3-9(11)7-5-6-8-10(12)13-4-2/h3,9,11H,1,4-8H2,2H3. The lowest BCUT2D eigenvalue weighted by Crippen LogP contribution is -2.05. The third kappa shape index (κ3) is 7.53. The molecule has 0 aliphatic carbocycles. The highest BCUT2D eigenvalue weighted by Crippen LogP contribution is 2.04. The molecule has 13 heavy (non-hydrogen) atoms. The highest BCUT2D eigenvalue weighted by atomic mass is 16.5. The molecule has 0 bridgehead atoms. The molecule has 1 atom stereocenters. The van der Waals surface area contributed by atoms with E-state index in [4.69, 9.17) is 9.84 Å². The Balaban J connectivity index is 3.25. The lowest BCUT2D eigenvalue weighted by molar-refractivity contribution is -0.143. The summed E-state index contributed by atoms with van der Waals surface area (Å²) >= 11 is 0. The molecule has 0 saturated heterocycles. The van der Waals surface area contributed by atoms with E-state index >= 15 is 0 Å². The van der Waals surface area contributed by atoms with Crippen LogP contribution in [0.4, 0.5) is 0 Å². The van der Waals surface area contributed by atoms with E-state index in [1.54, 1.807) is 6.92 Å². The molecule has 0 aliphatic heterocycles. The highest BCUT2D eigenvalue weighted by Gasteiger charge is 2.02. The molecule has 0 aromatic carbocycles. The molecule has 0 heterocycles. The van der Waals surface area contributed by atoms with E-state index in [0.717, 1.165) is 12.8 Å². The Bertz CT molecular complexity index is 154. The van der Waals surface area contributed by atoms with Crippen molar-refractivity contribution in [2.24, 2.45) is 0 Å². The quantitative estimate of drug-likeness (QED) is 0.373. The smallest absolute Gasteiger partial charge is 0.305 e. The Kier molecular flexibility index (Phi) is 7.30. The summed E-state index contributed by atoms with van der Waals surface area (Å²) in [6, 6.07) is 0. The number of aliphatic hydroxyl groups is 1. The van der Waals surface area contributed by atoms with E-state index in [1.807, 2.05) is 0 Å². The predicted octanol–water partition coefficient (Wildman–Crippen LogP) is 1.66. The number of carbonyl (C=O) groups is 1. The van der Waals surface area contributed by atoms with E-state index in [1.165, 1.54) is 6.08 Å². The number of aliphatic hydroxyl groups excluding tert-OH is 1. The summed E-state index contributed by atoms with van der Waals surface area (Å²) in [4.78, 5) is 10.9. The normalized spacial score (nSPS) is 12.2. The summed E-state index contributed by atoms with van der Waals surface area (Å²) in [6.45, 7) is 5.69. The molecule has 1 unspecified atom stereocenters. The van der Waals surface area contributed by atoms with Crippen molar-refractivity contribution in [1.29, 1.82) is 0 Å². The molecule has 0 aliphatic rings. The van der Waals surface area contributed by atoms with Crippen LogP contribution < -0.4 is 0 Å². The Labute approximate surface area is 79.4 Å². The van der Waals surface area contributed by atoms with Crippen LogP contribution in [0.3, 0.4) is 0 Å².